The molecule has 0 fully saturated rings. The predicted octanol–water partition coefficient (Wildman–Crippen LogP) is 1.32. The van der Waals surface area contributed by atoms with Gasteiger partial charge in [0.1, 0.15) is 5.69 Å². The van der Waals surface area contributed by atoms with Gasteiger partial charge in [-0.05, 0) is 12.1 Å². The van der Waals surface area contributed by atoms with Crippen LogP contribution in [0, 0.1) is 0 Å². The van der Waals surface area contributed by atoms with Gasteiger partial charge in [-0.25, -0.2) is 4.68 Å². The van der Waals surface area contributed by atoms with E-state index in [0.29, 0.717) is 12.3 Å². The first-order valence-corrected chi connectivity index (χ1v) is 5.20. The molecule has 0 radical (unpaired) electrons. The zero-order valence-corrected chi connectivity index (χ0v) is 9.77. The first-order chi connectivity index (χ1) is 8.27. The molecule has 0 saturated carbocycles. The molecule has 0 saturated heterocycles. The molecule has 0 unspecified atom stereocenters. The van der Waals surface area contributed by atoms with Crippen LogP contribution in [0.15, 0.2) is 35.1 Å². The molecular weight excluding hydrogens is 220 g/mol. The number of aromatic nitrogens is 2. The lowest BCUT2D eigenvalue weighted by atomic mass is 10.3. The van der Waals surface area contributed by atoms with Gasteiger partial charge >= 0.3 is 5.56 Å². The first kappa shape index (κ1) is 11.5. The molecule has 0 aliphatic rings. The summed E-state index contributed by atoms with van der Waals surface area (Å²) in [6, 6.07) is 9.31. The Bertz CT molecular complexity index is 543. The van der Waals surface area contributed by atoms with E-state index in [-0.39, 0.29) is 11.3 Å². The van der Waals surface area contributed by atoms with Crippen molar-refractivity contribution in [2.75, 3.05) is 14.2 Å². The maximum absolute atomic E-state index is 12.0. The number of hydrogen-bond donors (Lipinski definition) is 1. The highest BCUT2D eigenvalue weighted by Gasteiger charge is 2.15. The number of rotatable bonds is 4. The number of nitrogens with zero attached hydrogens (tertiary/aromatic N) is 1. The summed E-state index contributed by atoms with van der Waals surface area (Å²) >= 11 is 0. The smallest absolute Gasteiger partial charge is 0.313 e. The van der Waals surface area contributed by atoms with Crippen molar-refractivity contribution in [3.05, 3.63) is 46.4 Å². The molecule has 0 amide bonds. The monoisotopic (exact) mass is 234 g/mol. The highest BCUT2D eigenvalue weighted by molar-refractivity contribution is 5.35. The normalized spacial score (nSPS) is 10.5. The number of nitrogens with one attached hydrogen (secondary N) is 1. The van der Waals surface area contributed by atoms with E-state index in [0.717, 1.165) is 5.69 Å². The van der Waals surface area contributed by atoms with Crippen molar-refractivity contribution in [1.82, 2.24) is 9.78 Å². The van der Waals surface area contributed by atoms with Gasteiger partial charge in [0.25, 0.3) is 0 Å². The van der Waals surface area contributed by atoms with E-state index in [9.17, 15) is 4.79 Å². The zero-order valence-electron chi connectivity index (χ0n) is 9.77. The van der Waals surface area contributed by atoms with Crippen LogP contribution in [0.4, 0.5) is 0 Å². The molecule has 2 rings (SSSR count). The van der Waals surface area contributed by atoms with Crippen molar-refractivity contribution in [3.8, 4) is 11.4 Å². The van der Waals surface area contributed by atoms with Crippen molar-refractivity contribution < 1.29 is 9.47 Å². The minimum atomic E-state index is -0.217. The van der Waals surface area contributed by atoms with Crippen molar-refractivity contribution in [1.29, 1.82) is 0 Å². The molecule has 1 N–H and O–H groups in total. The number of para-hydroxylation sites is 1. The second kappa shape index (κ2) is 4.88. The molecular formula is C12H14N2O3. The van der Waals surface area contributed by atoms with Gasteiger partial charge in [0, 0.05) is 7.11 Å². The van der Waals surface area contributed by atoms with Gasteiger partial charge in [0.15, 0.2) is 0 Å². The van der Waals surface area contributed by atoms with Gasteiger partial charge in [-0.2, -0.15) is 0 Å². The summed E-state index contributed by atoms with van der Waals surface area (Å²) in [4.78, 5) is 12.0. The van der Waals surface area contributed by atoms with E-state index in [1.54, 1.807) is 7.11 Å². The number of hydrogen-bond acceptors (Lipinski definition) is 3. The SMILES string of the molecule is COCc1[nH]n(-c2ccccc2)c(=O)c1OC. The van der Waals surface area contributed by atoms with Crippen molar-refractivity contribution in [2.45, 2.75) is 6.61 Å². The lowest BCUT2D eigenvalue weighted by molar-refractivity contribution is 0.178. The van der Waals surface area contributed by atoms with Crippen LogP contribution in [-0.2, 0) is 11.3 Å². The summed E-state index contributed by atoms with van der Waals surface area (Å²) < 4.78 is 11.5. The number of methoxy groups -OCH3 is 2. The van der Waals surface area contributed by atoms with Crippen molar-refractivity contribution in [3.63, 3.8) is 0 Å². The molecule has 0 atom stereocenters. The van der Waals surface area contributed by atoms with Crippen LogP contribution in [-0.4, -0.2) is 24.0 Å². The number of ether oxygens (including phenoxy) is 2. The molecule has 0 bridgehead atoms. The summed E-state index contributed by atoms with van der Waals surface area (Å²) in [5.41, 5.74) is 1.17. The molecule has 0 aliphatic heterocycles. The Hall–Kier alpha value is -2.01. The molecule has 0 aliphatic carbocycles. The summed E-state index contributed by atoms with van der Waals surface area (Å²) in [5.74, 6) is 0.288. The van der Waals surface area contributed by atoms with Gasteiger partial charge < -0.3 is 9.47 Å². The molecule has 0 spiro atoms. The van der Waals surface area contributed by atoms with Crippen LogP contribution in [0.3, 0.4) is 0 Å². The predicted molar refractivity (Wildman–Crippen MR) is 63.7 cm³/mol. The Kier molecular flexibility index (Phi) is 3.30. The lowest BCUT2D eigenvalue weighted by Gasteiger charge is -2.00. The summed E-state index contributed by atoms with van der Waals surface area (Å²) in [6.45, 7) is 0.304. The molecule has 1 heterocycles. The second-order valence-electron chi connectivity index (χ2n) is 3.53. The summed E-state index contributed by atoms with van der Waals surface area (Å²) in [7, 11) is 3.04. The fourth-order valence-corrected chi connectivity index (χ4v) is 1.68. The van der Waals surface area contributed by atoms with Crippen molar-refractivity contribution >= 4 is 0 Å². The number of H-pyrrole nitrogens is 1. The lowest BCUT2D eigenvalue weighted by Crippen LogP contribution is -2.15. The molecule has 2 aromatic rings. The highest BCUT2D eigenvalue weighted by atomic mass is 16.5. The molecule has 5 nitrogen and oxygen atoms in total. The summed E-state index contributed by atoms with van der Waals surface area (Å²) in [6.07, 6.45) is 0. The average Bonchev–Trinajstić information content (AvgIpc) is 2.67. The number of aromatic amines is 1. The third-order valence-electron chi connectivity index (χ3n) is 2.43. The van der Waals surface area contributed by atoms with E-state index >= 15 is 0 Å². The van der Waals surface area contributed by atoms with Crippen molar-refractivity contribution in [2.24, 2.45) is 0 Å². The Balaban J connectivity index is 2.53. The highest BCUT2D eigenvalue weighted by Crippen LogP contribution is 2.14. The van der Waals surface area contributed by atoms with E-state index in [4.69, 9.17) is 9.47 Å². The third kappa shape index (κ3) is 2.09. The number of benzene rings is 1. The van der Waals surface area contributed by atoms with Crippen LogP contribution in [0.5, 0.6) is 5.75 Å². The topological polar surface area (TPSA) is 56.2 Å². The molecule has 1 aromatic carbocycles. The van der Waals surface area contributed by atoms with Crippen LogP contribution in [0.25, 0.3) is 5.69 Å². The fraction of sp³-hybridized carbons (Fsp3) is 0.250. The van der Waals surface area contributed by atoms with Gasteiger partial charge in [0.05, 0.1) is 19.4 Å². The Morgan fingerprint density at radius 2 is 1.94 bits per heavy atom. The maximum atomic E-state index is 12.0. The van der Waals surface area contributed by atoms with Crippen LogP contribution < -0.4 is 10.3 Å². The summed E-state index contributed by atoms with van der Waals surface area (Å²) in [5, 5.41) is 2.97. The quantitative estimate of drug-likeness (QED) is 0.868. The van der Waals surface area contributed by atoms with Gasteiger partial charge in [-0.1, -0.05) is 18.2 Å². The molecule has 1 aromatic heterocycles. The maximum Gasteiger partial charge on any atom is 0.313 e. The van der Waals surface area contributed by atoms with Crippen LogP contribution in [0.2, 0.25) is 0 Å². The molecule has 90 valence electrons. The van der Waals surface area contributed by atoms with E-state index in [2.05, 4.69) is 5.10 Å². The standard InChI is InChI=1S/C12H14N2O3/c1-16-8-10-11(17-2)12(15)14(13-10)9-6-4-3-5-7-9/h3-7,13H,8H2,1-2H3. The van der Waals surface area contributed by atoms with Crippen LogP contribution >= 0.6 is 0 Å². The molecule has 5 heteroatoms. The minimum absolute atomic E-state index is 0.217. The first-order valence-electron chi connectivity index (χ1n) is 5.20. The van der Waals surface area contributed by atoms with Crippen LogP contribution in [0.1, 0.15) is 5.69 Å². The largest absolute Gasteiger partial charge is 0.490 e. The van der Waals surface area contributed by atoms with E-state index < -0.39 is 0 Å². The third-order valence-corrected chi connectivity index (χ3v) is 2.43. The molecule has 17 heavy (non-hydrogen) atoms. The second-order valence-corrected chi connectivity index (χ2v) is 3.53. The Morgan fingerprint density at radius 1 is 1.24 bits per heavy atom. The average molecular weight is 234 g/mol. The minimum Gasteiger partial charge on any atom is -0.490 e. The van der Waals surface area contributed by atoms with Gasteiger partial charge in [0.2, 0.25) is 5.75 Å². The van der Waals surface area contributed by atoms with E-state index in [1.165, 1.54) is 11.8 Å². The fourth-order valence-electron chi connectivity index (χ4n) is 1.68. The van der Waals surface area contributed by atoms with Gasteiger partial charge in [-0.15, -0.1) is 0 Å². The Labute approximate surface area is 98.6 Å². The van der Waals surface area contributed by atoms with E-state index in [1.807, 2.05) is 30.3 Å². The van der Waals surface area contributed by atoms with Gasteiger partial charge in [-0.3, -0.25) is 9.89 Å². The Morgan fingerprint density at radius 3 is 2.53 bits per heavy atom. The zero-order chi connectivity index (χ0) is 12.3.